The average molecular weight is 421 g/mol. The Kier molecular flexibility index (Phi) is 6.23. The van der Waals surface area contributed by atoms with Crippen molar-refractivity contribution in [2.75, 3.05) is 11.3 Å². The van der Waals surface area contributed by atoms with Gasteiger partial charge in [0.25, 0.3) is 15.9 Å². The van der Waals surface area contributed by atoms with Crippen molar-refractivity contribution in [3.05, 3.63) is 77.7 Å². The Labute approximate surface area is 167 Å². The van der Waals surface area contributed by atoms with Crippen LogP contribution in [0.15, 0.2) is 76.2 Å². The molecule has 3 rings (SSSR count). The summed E-state index contributed by atoms with van der Waals surface area (Å²) in [6.07, 6.45) is 1.52. The number of sulfonamides is 1. The summed E-state index contributed by atoms with van der Waals surface area (Å²) in [5.41, 5.74) is 0.401. The van der Waals surface area contributed by atoms with Gasteiger partial charge in [-0.3, -0.25) is 9.52 Å². The zero-order valence-corrected chi connectivity index (χ0v) is 16.2. The predicted octanol–water partition coefficient (Wildman–Crippen LogP) is 3.43. The van der Waals surface area contributed by atoms with Crippen LogP contribution in [0.1, 0.15) is 5.76 Å². The SMILES string of the molecule is O=C(COc1ccc(S(=O)(=O)Nc2ccc(Cl)cc2)cc1)NCc1ccco1. The third-order valence-electron chi connectivity index (χ3n) is 3.64. The number of carbonyl (C=O) groups is 1. The molecule has 0 aliphatic carbocycles. The summed E-state index contributed by atoms with van der Waals surface area (Å²) >= 11 is 5.79. The van der Waals surface area contributed by atoms with Gasteiger partial charge in [-0.2, -0.15) is 0 Å². The van der Waals surface area contributed by atoms with Crippen molar-refractivity contribution in [2.45, 2.75) is 11.4 Å². The lowest BCUT2D eigenvalue weighted by atomic mass is 10.3. The van der Waals surface area contributed by atoms with E-state index in [0.717, 1.165) is 0 Å². The van der Waals surface area contributed by atoms with E-state index in [0.29, 0.717) is 22.2 Å². The fourth-order valence-corrected chi connectivity index (χ4v) is 3.43. The molecule has 0 radical (unpaired) electrons. The highest BCUT2D eigenvalue weighted by atomic mass is 35.5. The van der Waals surface area contributed by atoms with E-state index in [1.165, 1.54) is 30.5 Å². The first-order chi connectivity index (χ1) is 13.4. The molecule has 0 atom stereocenters. The fourth-order valence-electron chi connectivity index (χ4n) is 2.25. The molecule has 28 heavy (non-hydrogen) atoms. The fraction of sp³-hybridized carbons (Fsp3) is 0.105. The van der Waals surface area contributed by atoms with Crippen molar-refractivity contribution >= 4 is 33.2 Å². The number of benzene rings is 2. The monoisotopic (exact) mass is 420 g/mol. The summed E-state index contributed by atoms with van der Waals surface area (Å²) in [4.78, 5) is 11.8. The van der Waals surface area contributed by atoms with Gasteiger partial charge in [0.15, 0.2) is 6.61 Å². The van der Waals surface area contributed by atoms with Gasteiger partial charge in [0.2, 0.25) is 0 Å². The van der Waals surface area contributed by atoms with Crippen LogP contribution >= 0.6 is 11.6 Å². The molecule has 0 aliphatic heterocycles. The average Bonchev–Trinajstić information content (AvgIpc) is 3.20. The second-order valence-electron chi connectivity index (χ2n) is 5.73. The van der Waals surface area contributed by atoms with Gasteiger partial charge >= 0.3 is 0 Å². The largest absolute Gasteiger partial charge is 0.484 e. The van der Waals surface area contributed by atoms with Gasteiger partial charge in [0.05, 0.1) is 17.7 Å². The quantitative estimate of drug-likeness (QED) is 0.581. The highest BCUT2D eigenvalue weighted by Crippen LogP contribution is 2.20. The molecule has 0 unspecified atom stereocenters. The molecule has 0 fully saturated rings. The van der Waals surface area contributed by atoms with Crippen molar-refractivity contribution in [1.29, 1.82) is 0 Å². The van der Waals surface area contributed by atoms with E-state index in [1.54, 1.807) is 36.4 Å². The molecule has 146 valence electrons. The van der Waals surface area contributed by atoms with Crippen LogP contribution in [0.4, 0.5) is 5.69 Å². The van der Waals surface area contributed by atoms with Crippen LogP contribution in [0.25, 0.3) is 0 Å². The zero-order chi connectivity index (χ0) is 20.0. The summed E-state index contributed by atoms with van der Waals surface area (Å²) < 4.78 is 37.7. The number of amides is 1. The maximum atomic E-state index is 12.4. The zero-order valence-electron chi connectivity index (χ0n) is 14.6. The van der Waals surface area contributed by atoms with E-state index in [4.69, 9.17) is 20.8 Å². The molecular formula is C19H17ClN2O5S. The van der Waals surface area contributed by atoms with Crippen LogP contribution in [-0.2, 0) is 21.4 Å². The number of halogens is 1. The van der Waals surface area contributed by atoms with E-state index < -0.39 is 10.0 Å². The van der Waals surface area contributed by atoms with E-state index in [1.807, 2.05) is 0 Å². The maximum absolute atomic E-state index is 12.4. The van der Waals surface area contributed by atoms with Crippen molar-refractivity contribution in [3.63, 3.8) is 0 Å². The summed E-state index contributed by atoms with van der Waals surface area (Å²) in [6, 6.07) is 15.6. The van der Waals surface area contributed by atoms with E-state index in [-0.39, 0.29) is 24.0 Å². The highest BCUT2D eigenvalue weighted by Gasteiger charge is 2.14. The number of nitrogens with one attached hydrogen (secondary N) is 2. The summed E-state index contributed by atoms with van der Waals surface area (Å²) in [5.74, 6) is 0.687. The second-order valence-corrected chi connectivity index (χ2v) is 7.85. The summed E-state index contributed by atoms with van der Waals surface area (Å²) in [7, 11) is -3.75. The van der Waals surface area contributed by atoms with Gasteiger partial charge in [-0.25, -0.2) is 8.42 Å². The van der Waals surface area contributed by atoms with Crippen molar-refractivity contribution in [2.24, 2.45) is 0 Å². The van der Waals surface area contributed by atoms with Crippen LogP contribution in [0.2, 0.25) is 5.02 Å². The highest BCUT2D eigenvalue weighted by molar-refractivity contribution is 7.92. The van der Waals surface area contributed by atoms with Gasteiger partial charge in [0.1, 0.15) is 11.5 Å². The molecule has 1 heterocycles. The molecule has 2 aromatic carbocycles. The Morgan fingerprint density at radius 2 is 1.75 bits per heavy atom. The molecule has 0 saturated carbocycles. The molecule has 0 aliphatic rings. The number of rotatable bonds is 8. The molecular weight excluding hydrogens is 404 g/mol. The normalized spacial score (nSPS) is 11.0. The standard InChI is InChI=1S/C19H17ClN2O5S/c20-14-3-5-15(6-4-14)22-28(24,25)18-9-7-16(8-10-18)27-13-19(23)21-12-17-2-1-11-26-17/h1-11,22H,12-13H2,(H,21,23). The van der Waals surface area contributed by atoms with Gasteiger partial charge < -0.3 is 14.5 Å². The van der Waals surface area contributed by atoms with E-state index in [2.05, 4.69) is 10.0 Å². The van der Waals surface area contributed by atoms with E-state index in [9.17, 15) is 13.2 Å². The van der Waals surface area contributed by atoms with Gasteiger partial charge in [-0.1, -0.05) is 11.6 Å². The van der Waals surface area contributed by atoms with E-state index >= 15 is 0 Å². The molecule has 7 nitrogen and oxygen atoms in total. The number of furan rings is 1. The lowest BCUT2D eigenvalue weighted by Gasteiger charge is -2.10. The van der Waals surface area contributed by atoms with Gasteiger partial charge in [0, 0.05) is 10.7 Å². The second kappa shape index (κ2) is 8.81. The first-order valence-corrected chi connectivity index (χ1v) is 10.1. The lowest BCUT2D eigenvalue weighted by Crippen LogP contribution is -2.28. The van der Waals surface area contributed by atoms with Gasteiger partial charge in [-0.15, -0.1) is 0 Å². The number of anilines is 1. The van der Waals surface area contributed by atoms with Crippen LogP contribution in [0.3, 0.4) is 0 Å². The Morgan fingerprint density at radius 1 is 1.04 bits per heavy atom. The number of ether oxygens (including phenoxy) is 1. The smallest absolute Gasteiger partial charge is 0.261 e. The summed E-state index contributed by atoms with van der Waals surface area (Å²) in [6.45, 7) is 0.0680. The summed E-state index contributed by atoms with van der Waals surface area (Å²) in [5, 5.41) is 3.16. The maximum Gasteiger partial charge on any atom is 0.261 e. The third kappa shape index (κ3) is 5.51. The molecule has 1 aromatic heterocycles. The number of hydrogen-bond donors (Lipinski definition) is 2. The number of hydrogen-bond acceptors (Lipinski definition) is 5. The Balaban J connectivity index is 1.53. The first-order valence-electron chi connectivity index (χ1n) is 8.23. The minimum atomic E-state index is -3.75. The van der Waals surface area contributed by atoms with Crippen LogP contribution in [0.5, 0.6) is 5.75 Å². The van der Waals surface area contributed by atoms with Crippen LogP contribution in [-0.4, -0.2) is 20.9 Å². The van der Waals surface area contributed by atoms with Crippen molar-refractivity contribution in [1.82, 2.24) is 5.32 Å². The molecule has 2 N–H and O–H groups in total. The topological polar surface area (TPSA) is 97.6 Å². The molecule has 9 heteroatoms. The third-order valence-corrected chi connectivity index (χ3v) is 5.29. The molecule has 0 bridgehead atoms. The predicted molar refractivity (Wildman–Crippen MR) is 105 cm³/mol. The van der Waals surface area contributed by atoms with Crippen LogP contribution < -0.4 is 14.8 Å². The Morgan fingerprint density at radius 3 is 2.39 bits per heavy atom. The minimum absolute atomic E-state index is 0.0667. The number of carbonyl (C=O) groups excluding carboxylic acids is 1. The van der Waals surface area contributed by atoms with Crippen LogP contribution in [0, 0.1) is 0 Å². The Bertz CT molecular complexity index is 1020. The Hall–Kier alpha value is -2.97. The molecule has 0 spiro atoms. The van der Waals surface area contributed by atoms with Gasteiger partial charge in [-0.05, 0) is 60.7 Å². The molecule has 0 saturated heterocycles. The molecule has 3 aromatic rings. The van der Waals surface area contributed by atoms with Crippen molar-refractivity contribution in [3.8, 4) is 5.75 Å². The lowest BCUT2D eigenvalue weighted by molar-refractivity contribution is -0.123. The minimum Gasteiger partial charge on any atom is -0.484 e. The molecule has 1 amide bonds. The first kappa shape index (κ1) is 19.8. The van der Waals surface area contributed by atoms with Crippen molar-refractivity contribution < 1.29 is 22.4 Å².